The largest absolute Gasteiger partial charge is 0.489 e. The van der Waals surface area contributed by atoms with Gasteiger partial charge in [-0.2, -0.15) is 0 Å². The van der Waals surface area contributed by atoms with Crippen LogP contribution in [0.5, 0.6) is 5.75 Å². The molecule has 4 nitrogen and oxygen atoms in total. The first kappa shape index (κ1) is 16.2. The third-order valence-electron chi connectivity index (χ3n) is 2.78. The smallest absolute Gasteiger partial charge is 0.314 e. The van der Waals surface area contributed by atoms with Gasteiger partial charge in [0.1, 0.15) is 12.4 Å². The second-order valence-corrected chi connectivity index (χ2v) is 5.47. The maximum atomic E-state index is 13.3. The Bertz CT molecular complexity index is 606. The topological polar surface area (TPSA) is 50.4 Å². The molecule has 118 valence electrons. The Kier molecular flexibility index (Phi) is 6.14. The maximum absolute atomic E-state index is 13.3. The number of benzene rings is 1. The molecule has 0 spiro atoms. The molecule has 1 aromatic heterocycles. The highest BCUT2D eigenvalue weighted by Gasteiger charge is 2.05. The zero-order chi connectivity index (χ0) is 15.8. The minimum atomic E-state index is -0.764. The summed E-state index contributed by atoms with van der Waals surface area (Å²) in [5, 5.41) is 7.30. The highest BCUT2D eigenvalue weighted by Crippen LogP contribution is 2.17. The number of rotatable bonds is 7. The average Bonchev–Trinajstić information content (AvgIpc) is 2.99. The van der Waals surface area contributed by atoms with Gasteiger partial charge in [-0.1, -0.05) is 6.07 Å². The van der Waals surface area contributed by atoms with Crippen LogP contribution in [0, 0.1) is 11.6 Å². The van der Waals surface area contributed by atoms with E-state index in [0.29, 0.717) is 6.54 Å². The van der Waals surface area contributed by atoms with E-state index in [1.165, 1.54) is 10.9 Å². The molecule has 2 N–H and O–H groups in total. The van der Waals surface area contributed by atoms with Crippen molar-refractivity contribution in [2.75, 3.05) is 19.7 Å². The first-order valence-corrected chi connectivity index (χ1v) is 7.65. The molecule has 0 saturated heterocycles. The second-order valence-electron chi connectivity index (χ2n) is 4.44. The summed E-state index contributed by atoms with van der Waals surface area (Å²) < 4.78 is 31.1. The molecule has 22 heavy (non-hydrogen) atoms. The van der Waals surface area contributed by atoms with Crippen LogP contribution in [0.2, 0.25) is 0 Å². The van der Waals surface area contributed by atoms with E-state index in [9.17, 15) is 13.6 Å². The number of carbonyl (C=O) groups excluding carboxylic acids is 1. The third-order valence-corrected chi connectivity index (χ3v) is 3.71. The van der Waals surface area contributed by atoms with E-state index in [0.717, 1.165) is 18.6 Å². The third kappa shape index (κ3) is 5.33. The Morgan fingerprint density at radius 1 is 1.18 bits per heavy atom. The number of urea groups is 1. The fourth-order valence-corrected chi connectivity index (χ4v) is 2.44. The van der Waals surface area contributed by atoms with E-state index < -0.39 is 11.6 Å². The summed E-state index contributed by atoms with van der Waals surface area (Å²) in [5.74, 6) is -1.46. The van der Waals surface area contributed by atoms with Gasteiger partial charge in [-0.15, -0.1) is 11.3 Å². The number of thiophene rings is 1. The molecule has 0 fully saturated rings. The summed E-state index contributed by atoms with van der Waals surface area (Å²) >= 11 is 1.64. The Balaban J connectivity index is 1.58. The predicted octanol–water partition coefficient (Wildman–Crippen LogP) is 2.95. The quantitative estimate of drug-likeness (QED) is 0.769. The first-order valence-electron chi connectivity index (χ1n) is 6.77. The van der Waals surface area contributed by atoms with Crippen LogP contribution >= 0.6 is 11.3 Å². The van der Waals surface area contributed by atoms with Gasteiger partial charge in [0, 0.05) is 17.5 Å². The minimum Gasteiger partial charge on any atom is -0.489 e. The highest BCUT2D eigenvalue weighted by molar-refractivity contribution is 7.09. The molecule has 2 aromatic rings. The van der Waals surface area contributed by atoms with Crippen LogP contribution in [0.25, 0.3) is 0 Å². The molecule has 0 radical (unpaired) electrons. The minimum absolute atomic E-state index is 0.0405. The number of hydrogen-bond donors (Lipinski definition) is 2. The lowest BCUT2D eigenvalue weighted by Crippen LogP contribution is -2.38. The lowest BCUT2D eigenvalue weighted by atomic mass is 10.3. The molecule has 0 aliphatic rings. The molecule has 2 amide bonds. The number of nitrogens with one attached hydrogen (secondary N) is 2. The first-order chi connectivity index (χ1) is 10.6. The molecule has 0 atom stereocenters. The number of hydrogen-bond acceptors (Lipinski definition) is 3. The van der Waals surface area contributed by atoms with Crippen molar-refractivity contribution in [1.29, 1.82) is 0 Å². The molecule has 1 aromatic carbocycles. The molecule has 1 heterocycles. The van der Waals surface area contributed by atoms with Crippen LogP contribution in [0.4, 0.5) is 13.6 Å². The van der Waals surface area contributed by atoms with E-state index in [-0.39, 0.29) is 24.9 Å². The Labute approximate surface area is 131 Å². The molecule has 0 unspecified atom stereocenters. The zero-order valence-corrected chi connectivity index (χ0v) is 12.6. The van der Waals surface area contributed by atoms with Crippen molar-refractivity contribution < 1.29 is 18.3 Å². The molecule has 7 heteroatoms. The van der Waals surface area contributed by atoms with E-state index in [2.05, 4.69) is 10.6 Å². The van der Waals surface area contributed by atoms with Crippen LogP contribution in [-0.4, -0.2) is 25.7 Å². The van der Waals surface area contributed by atoms with Crippen molar-refractivity contribution in [1.82, 2.24) is 10.6 Å². The summed E-state index contributed by atoms with van der Waals surface area (Å²) in [4.78, 5) is 12.7. The molecule has 0 bridgehead atoms. The number of ether oxygens (including phenoxy) is 1. The van der Waals surface area contributed by atoms with Crippen molar-refractivity contribution in [3.8, 4) is 5.75 Å². The van der Waals surface area contributed by atoms with Crippen molar-refractivity contribution in [2.45, 2.75) is 6.42 Å². The summed E-state index contributed by atoms with van der Waals surface area (Å²) in [5.41, 5.74) is 0. The average molecular weight is 326 g/mol. The summed E-state index contributed by atoms with van der Waals surface area (Å²) in [6, 6.07) is 6.75. The van der Waals surface area contributed by atoms with Crippen LogP contribution < -0.4 is 15.4 Å². The van der Waals surface area contributed by atoms with E-state index in [1.807, 2.05) is 17.5 Å². The van der Waals surface area contributed by atoms with Crippen molar-refractivity contribution in [3.05, 3.63) is 52.2 Å². The van der Waals surface area contributed by atoms with Crippen molar-refractivity contribution in [3.63, 3.8) is 0 Å². The summed E-state index contributed by atoms with van der Waals surface area (Å²) in [7, 11) is 0. The standard InChI is InChI=1S/C15H16F2N2O2S/c16-11-3-4-14(13(17)10-11)21-8-7-19-15(20)18-6-5-12-2-1-9-22-12/h1-4,9-10H,5-8H2,(H2,18,19,20). The molecule has 0 saturated carbocycles. The van der Waals surface area contributed by atoms with E-state index >= 15 is 0 Å². The van der Waals surface area contributed by atoms with Crippen molar-refractivity contribution >= 4 is 17.4 Å². The Morgan fingerprint density at radius 3 is 2.73 bits per heavy atom. The Morgan fingerprint density at radius 2 is 2.00 bits per heavy atom. The summed E-state index contributed by atoms with van der Waals surface area (Å²) in [6.45, 7) is 0.863. The van der Waals surface area contributed by atoms with Gasteiger partial charge in [-0.05, 0) is 30.0 Å². The fraction of sp³-hybridized carbons (Fsp3) is 0.267. The highest BCUT2D eigenvalue weighted by atomic mass is 32.1. The molecule has 0 aliphatic carbocycles. The summed E-state index contributed by atoms with van der Waals surface area (Å²) in [6.07, 6.45) is 0.780. The Hall–Kier alpha value is -2.15. The van der Waals surface area contributed by atoms with Crippen LogP contribution in [-0.2, 0) is 6.42 Å². The molecule has 2 rings (SSSR count). The zero-order valence-electron chi connectivity index (χ0n) is 11.8. The van der Waals surface area contributed by atoms with Gasteiger partial charge >= 0.3 is 6.03 Å². The van der Waals surface area contributed by atoms with Gasteiger partial charge in [0.05, 0.1) is 6.54 Å². The van der Waals surface area contributed by atoms with Crippen LogP contribution in [0.1, 0.15) is 4.88 Å². The number of amides is 2. The van der Waals surface area contributed by atoms with Gasteiger partial charge in [-0.25, -0.2) is 13.6 Å². The van der Waals surface area contributed by atoms with Crippen molar-refractivity contribution in [2.24, 2.45) is 0 Å². The van der Waals surface area contributed by atoms with Crippen LogP contribution in [0.15, 0.2) is 35.7 Å². The van der Waals surface area contributed by atoms with E-state index in [4.69, 9.17) is 4.74 Å². The predicted molar refractivity (Wildman–Crippen MR) is 81.3 cm³/mol. The number of carbonyl (C=O) groups is 1. The molecular weight excluding hydrogens is 310 g/mol. The maximum Gasteiger partial charge on any atom is 0.314 e. The molecular formula is C15H16F2N2O2S. The molecule has 0 aliphatic heterocycles. The SMILES string of the molecule is O=C(NCCOc1ccc(F)cc1F)NCCc1cccs1. The van der Waals surface area contributed by atoms with Gasteiger partial charge in [0.15, 0.2) is 11.6 Å². The lowest BCUT2D eigenvalue weighted by Gasteiger charge is -2.09. The van der Waals surface area contributed by atoms with Gasteiger partial charge in [0.2, 0.25) is 0 Å². The second kappa shape index (κ2) is 8.33. The van der Waals surface area contributed by atoms with E-state index in [1.54, 1.807) is 11.3 Å². The van der Waals surface area contributed by atoms with Gasteiger partial charge < -0.3 is 15.4 Å². The monoisotopic (exact) mass is 326 g/mol. The fourth-order valence-electron chi connectivity index (χ4n) is 1.73. The lowest BCUT2D eigenvalue weighted by molar-refractivity contribution is 0.236. The van der Waals surface area contributed by atoms with Gasteiger partial charge in [0.25, 0.3) is 0 Å². The number of halogens is 2. The van der Waals surface area contributed by atoms with Gasteiger partial charge in [-0.3, -0.25) is 0 Å². The normalized spacial score (nSPS) is 10.3. The van der Waals surface area contributed by atoms with Crippen LogP contribution in [0.3, 0.4) is 0 Å².